The number of anilines is 1. The molecule has 0 atom stereocenters. The van der Waals surface area contributed by atoms with Crippen LogP contribution in [0.25, 0.3) is 0 Å². The first-order chi connectivity index (χ1) is 14.0. The third-order valence-corrected chi connectivity index (χ3v) is 6.45. The molecule has 0 radical (unpaired) electrons. The van der Waals surface area contributed by atoms with Gasteiger partial charge in [-0.15, -0.1) is 11.3 Å². The van der Waals surface area contributed by atoms with Gasteiger partial charge >= 0.3 is 0 Å². The zero-order chi connectivity index (χ0) is 20.3. The van der Waals surface area contributed by atoms with Crippen LogP contribution in [0.5, 0.6) is 0 Å². The van der Waals surface area contributed by atoms with Crippen molar-refractivity contribution in [3.8, 4) is 0 Å². The van der Waals surface area contributed by atoms with E-state index < -0.39 is 0 Å². The van der Waals surface area contributed by atoms with Crippen molar-refractivity contribution in [2.24, 2.45) is 0 Å². The Balaban J connectivity index is 1.47. The number of aryl methyl sites for hydroxylation is 1. The van der Waals surface area contributed by atoms with Gasteiger partial charge in [-0.2, -0.15) is 0 Å². The summed E-state index contributed by atoms with van der Waals surface area (Å²) in [5.41, 5.74) is 3.80. The summed E-state index contributed by atoms with van der Waals surface area (Å²) in [5.74, 6) is 0.699. The van der Waals surface area contributed by atoms with Crippen LogP contribution in [-0.4, -0.2) is 39.0 Å². The maximum Gasteiger partial charge on any atom is 0.222 e. The molecule has 1 aliphatic heterocycles. The quantitative estimate of drug-likeness (QED) is 0.645. The largest absolute Gasteiger partial charge is 0.352 e. The molecule has 1 aliphatic rings. The van der Waals surface area contributed by atoms with Crippen LogP contribution in [0.1, 0.15) is 48.5 Å². The lowest BCUT2D eigenvalue weighted by molar-refractivity contribution is 0.170. The molecule has 2 aromatic heterocycles. The number of nitrogens with zero attached hydrogens (tertiary/aromatic N) is 4. The molecule has 0 aliphatic carbocycles. The maximum absolute atomic E-state index is 4.90. The van der Waals surface area contributed by atoms with Gasteiger partial charge in [-0.1, -0.05) is 30.3 Å². The number of hydrogen-bond acceptors (Lipinski definition) is 6. The molecule has 4 rings (SSSR count). The van der Waals surface area contributed by atoms with Gasteiger partial charge < -0.3 is 5.32 Å². The fourth-order valence-electron chi connectivity index (χ4n) is 4.15. The molecule has 0 amide bonds. The fourth-order valence-corrected chi connectivity index (χ4v) is 4.86. The lowest BCUT2D eigenvalue weighted by Crippen LogP contribution is -2.43. The van der Waals surface area contributed by atoms with Gasteiger partial charge in [-0.3, -0.25) is 4.90 Å². The van der Waals surface area contributed by atoms with Gasteiger partial charge in [0, 0.05) is 41.3 Å². The van der Waals surface area contributed by atoms with Gasteiger partial charge in [0.2, 0.25) is 5.95 Å². The van der Waals surface area contributed by atoms with E-state index in [1.807, 2.05) is 12.4 Å². The lowest BCUT2D eigenvalue weighted by Gasteiger charge is -2.41. The van der Waals surface area contributed by atoms with E-state index in [0.29, 0.717) is 12.0 Å². The number of hydrogen-bond donors (Lipinski definition) is 1. The van der Waals surface area contributed by atoms with Gasteiger partial charge in [0.05, 0.1) is 10.7 Å². The first kappa shape index (κ1) is 20.0. The molecule has 0 spiro atoms. The third kappa shape index (κ3) is 4.49. The molecule has 3 heterocycles. The summed E-state index contributed by atoms with van der Waals surface area (Å²) in [6.45, 7) is 9.25. The van der Waals surface area contributed by atoms with E-state index in [0.717, 1.165) is 43.0 Å². The molecule has 3 aromatic rings. The minimum Gasteiger partial charge on any atom is -0.352 e. The van der Waals surface area contributed by atoms with Crippen LogP contribution in [0.15, 0.2) is 48.1 Å². The van der Waals surface area contributed by atoms with E-state index in [4.69, 9.17) is 4.98 Å². The Labute approximate surface area is 177 Å². The predicted octanol–water partition coefficient (Wildman–Crippen LogP) is 4.64. The van der Waals surface area contributed by atoms with Crippen molar-refractivity contribution in [3.05, 3.63) is 69.9 Å². The van der Waals surface area contributed by atoms with Crippen LogP contribution in [0, 0.1) is 6.92 Å². The van der Waals surface area contributed by atoms with E-state index in [2.05, 4.69) is 76.7 Å². The van der Waals surface area contributed by atoms with E-state index in [9.17, 15) is 0 Å². The first-order valence-electron chi connectivity index (χ1n) is 10.3. The van der Waals surface area contributed by atoms with Crippen molar-refractivity contribution in [1.29, 1.82) is 0 Å². The molecule has 1 N–H and O–H groups in total. The van der Waals surface area contributed by atoms with Crippen molar-refractivity contribution >= 4 is 17.3 Å². The summed E-state index contributed by atoms with van der Waals surface area (Å²) in [7, 11) is 0. The molecule has 6 heteroatoms. The number of likely N-dealkylation sites (tertiary alicyclic amines) is 1. The Kier molecular flexibility index (Phi) is 5.92. The zero-order valence-electron chi connectivity index (χ0n) is 17.4. The second-order valence-corrected chi connectivity index (χ2v) is 9.25. The standard InChI is InChI=1S/C23H29N5S/c1-17(2)26-22-24-13-19(14-25-22)15-28-11-9-23(10-12-28,20-7-5-4-6-8-20)21-16-29-18(3)27-21/h4-8,13-14,16-17H,9-12,15H2,1-3H3,(H,24,25,26). The number of nitrogens with one attached hydrogen (secondary N) is 1. The minimum atomic E-state index is 0.0179. The monoisotopic (exact) mass is 407 g/mol. The Bertz CT molecular complexity index is 912. The molecule has 1 aromatic carbocycles. The minimum absolute atomic E-state index is 0.0179. The van der Waals surface area contributed by atoms with Crippen molar-refractivity contribution in [3.63, 3.8) is 0 Å². The molecule has 1 saturated heterocycles. The van der Waals surface area contributed by atoms with Crippen LogP contribution in [0.3, 0.4) is 0 Å². The van der Waals surface area contributed by atoms with Crippen molar-refractivity contribution in [2.45, 2.75) is 51.6 Å². The average molecular weight is 408 g/mol. The van der Waals surface area contributed by atoms with Crippen LogP contribution < -0.4 is 5.32 Å². The fraction of sp³-hybridized carbons (Fsp3) is 0.435. The molecule has 29 heavy (non-hydrogen) atoms. The van der Waals surface area contributed by atoms with E-state index in [1.54, 1.807) is 11.3 Å². The number of thiazole rings is 1. The third-order valence-electron chi connectivity index (χ3n) is 5.67. The number of aromatic nitrogens is 3. The van der Waals surface area contributed by atoms with Gasteiger partial charge in [0.1, 0.15) is 0 Å². The second-order valence-electron chi connectivity index (χ2n) is 8.19. The summed E-state index contributed by atoms with van der Waals surface area (Å²) >= 11 is 1.75. The Morgan fingerprint density at radius 1 is 1.10 bits per heavy atom. The smallest absolute Gasteiger partial charge is 0.222 e. The Morgan fingerprint density at radius 3 is 2.38 bits per heavy atom. The van der Waals surface area contributed by atoms with Gasteiger partial charge in [0.25, 0.3) is 0 Å². The van der Waals surface area contributed by atoms with E-state index in [1.165, 1.54) is 11.3 Å². The number of benzene rings is 1. The average Bonchev–Trinajstić information content (AvgIpc) is 3.17. The van der Waals surface area contributed by atoms with E-state index in [-0.39, 0.29) is 5.41 Å². The normalized spacial score (nSPS) is 16.8. The number of piperidine rings is 1. The highest BCUT2D eigenvalue weighted by Crippen LogP contribution is 2.42. The number of rotatable bonds is 6. The molecule has 1 fully saturated rings. The predicted molar refractivity (Wildman–Crippen MR) is 119 cm³/mol. The summed E-state index contributed by atoms with van der Waals surface area (Å²) in [6, 6.07) is 11.2. The highest BCUT2D eigenvalue weighted by atomic mass is 32.1. The van der Waals surface area contributed by atoms with Crippen LogP contribution in [0.2, 0.25) is 0 Å². The second kappa shape index (κ2) is 8.59. The van der Waals surface area contributed by atoms with Crippen LogP contribution >= 0.6 is 11.3 Å². The van der Waals surface area contributed by atoms with Crippen molar-refractivity contribution in [1.82, 2.24) is 19.9 Å². The zero-order valence-corrected chi connectivity index (χ0v) is 18.2. The topological polar surface area (TPSA) is 53.9 Å². The highest BCUT2D eigenvalue weighted by molar-refractivity contribution is 7.09. The molecule has 0 saturated carbocycles. The Morgan fingerprint density at radius 2 is 1.79 bits per heavy atom. The molecule has 0 bridgehead atoms. The van der Waals surface area contributed by atoms with Crippen molar-refractivity contribution in [2.75, 3.05) is 18.4 Å². The van der Waals surface area contributed by atoms with Gasteiger partial charge in [-0.05, 0) is 52.3 Å². The Hall–Kier alpha value is -2.31. The SMILES string of the molecule is Cc1nc(C2(c3ccccc3)CCN(Cc3cnc(NC(C)C)nc3)CC2)cs1. The van der Waals surface area contributed by atoms with E-state index >= 15 is 0 Å². The summed E-state index contributed by atoms with van der Waals surface area (Å²) in [5, 5.41) is 6.64. The van der Waals surface area contributed by atoms with Gasteiger partial charge in [-0.25, -0.2) is 15.0 Å². The first-order valence-corrected chi connectivity index (χ1v) is 11.2. The summed E-state index contributed by atoms with van der Waals surface area (Å²) < 4.78 is 0. The highest BCUT2D eigenvalue weighted by Gasteiger charge is 2.39. The molecular weight excluding hydrogens is 378 g/mol. The lowest BCUT2D eigenvalue weighted by atomic mass is 9.70. The molecule has 5 nitrogen and oxygen atoms in total. The molecule has 152 valence electrons. The van der Waals surface area contributed by atoms with Crippen LogP contribution in [-0.2, 0) is 12.0 Å². The summed E-state index contributed by atoms with van der Waals surface area (Å²) in [6.07, 6.45) is 6.04. The van der Waals surface area contributed by atoms with Crippen LogP contribution in [0.4, 0.5) is 5.95 Å². The molecular formula is C23H29N5S. The molecule has 0 unspecified atom stereocenters. The van der Waals surface area contributed by atoms with Crippen molar-refractivity contribution < 1.29 is 0 Å². The summed E-state index contributed by atoms with van der Waals surface area (Å²) in [4.78, 5) is 16.3. The van der Waals surface area contributed by atoms with Gasteiger partial charge in [0.15, 0.2) is 0 Å². The maximum atomic E-state index is 4.90.